The molecule has 0 radical (unpaired) electrons. The second-order valence-electron chi connectivity index (χ2n) is 10.5. The van der Waals surface area contributed by atoms with Gasteiger partial charge in [0.2, 0.25) is 17.7 Å². The van der Waals surface area contributed by atoms with E-state index in [0.717, 1.165) is 22.9 Å². The van der Waals surface area contributed by atoms with Crippen molar-refractivity contribution in [2.45, 2.75) is 84.0 Å². The zero-order valence-corrected chi connectivity index (χ0v) is 23.3. The molecule has 11 nitrogen and oxygen atoms in total. The first-order chi connectivity index (χ1) is 18.5. The molecule has 5 unspecified atom stereocenters. The minimum Gasteiger partial charge on any atom is -0.480 e. The lowest BCUT2D eigenvalue weighted by Gasteiger charge is -2.28. The molecule has 1 heterocycles. The standard InChI is InChI=1S/C28H44N6O5/c1-5-17(4)24(28(38)39)34-27(37)23(16(2)3)33-26(36)22(32-25(35)20(30)11-8-9-13-29)14-18-15-31-21-12-7-6-10-19(18)21/h6-7,10,12,15-17,20,22-24,31H,5,8-9,11,13-14,29-30H2,1-4H3,(H,32,35)(H,33,36)(H,34,37)(H,38,39). The SMILES string of the molecule is CCC(C)C(NC(=O)C(NC(=O)C(Cc1c[nH]c2ccccc12)NC(=O)C(N)CCCCN)C(C)C)C(=O)O. The molecule has 0 aliphatic rings. The van der Waals surface area contributed by atoms with Crippen LogP contribution in [0.2, 0.25) is 0 Å². The quantitative estimate of drug-likeness (QED) is 0.155. The van der Waals surface area contributed by atoms with Gasteiger partial charge in [0.25, 0.3) is 0 Å². The van der Waals surface area contributed by atoms with Gasteiger partial charge in [-0.1, -0.05) is 58.7 Å². The Kier molecular flexibility index (Phi) is 12.4. The van der Waals surface area contributed by atoms with E-state index in [-0.39, 0.29) is 18.3 Å². The van der Waals surface area contributed by atoms with Crippen molar-refractivity contribution >= 4 is 34.6 Å². The summed E-state index contributed by atoms with van der Waals surface area (Å²) in [6.07, 6.45) is 4.34. The molecule has 0 fully saturated rings. The molecule has 1 aromatic carbocycles. The number of hydrogen-bond donors (Lipinski definition) is 7. The van der Waals surface area contributed by atoms with Crippen LogP contribution in [0.25, 0.3) is 10.9 Å². The number of fused-ring (bicyclic) bond motifs is 1. The fourth-order valence-corrected chi connectivity index (χ4v) is 4.36. The number of benzene rings is 1. The molecule has 0 spiro atoms. The Balaban J connectivity index is 2.27. The number of unbranched alkanes of at least 4 members (excludes halogenated alkanes) is 1. The van der Waals surface area contributed by atoms with E-state index in [9.17, 15) is 24.3 Å². The second kappa shape index (κ2) is 15.2. The number of para-hydroxylation sites is 1. The summed E-state index contributed by atoms with van der Waals surface area (Å²) >= 11 is 0. The topological polar surface area (TPSA) is 192 Å². The number of aromatic nitrogens is 1. The molecule has 0 bridgehead atoms. The van der Waals surface area contributed by atoms with Gasteiger partial charge in [-0.2, -0.15) is 0 Å². The molecule has 5 atom stereocenters. The predicted octanol–water partition coefficient (Wildman–Crippen LogP) is 1.41. The highest BCUT2D eigenvalue weighted by molar-refractivity contribution is 5.95. The molecule has 39 heavy (non-hydrogen) atoms. The molecule has 2 rings (SSSR count). The molecule has 3 amide bonds. The molecule has 9 N–H and O–H groups in total. The van der Waals surface area contributed by atoms with Gasteiger partial charge in [0.15, 0.2) is 0 Å². The zero-order valence-electron chi connectivity index (χ0n) is 23.3. The van der Waals surface area contributed by atoms with Crippen LogP contribution in [-0.2, 0) is 25.6 Å². The lowest BCUT2D eigenvalue weighted by atomic mass is 9.97. The van der Waals surface area contributed by atoms with E-state index in [1.807, 2.05) is 31.2 Å². The highest BCUT2D eigenvalue weighted by Crippen LogP contribution is 2.19. The zero-order chi connectivity index (χ0) is 29.1. The third-order valence-corrected chi connectivity index (χ3v) is 7.06. The first kappa shape index (κ1) is 31.8. The maximum absolute atomic E-state index is 13.6. The van der Waals surface area contributed by atoms with Gasteiger partial charge in [0.05, 0.1) is 6.04 Å². The van der Waals surface area contributed by atoms with Crippen LogP contribution in [0.1, 0.15) is 58.9 Å². The Labute approximate surface area is 229 Å². The predicted molar refractivity (Wildman–Crippen MR) is 151 cm³/mol. The number of nitrogens with one attached hydrogen (secondary N) is 4. The summed E-state index contributed by atoms with van der Waals surface area (Å²) in [5, 5.41) is 18.6. The Morgan fingerprint density at radius 2 is 1.62 bits per heavy atom. The first-order valence-electron chi connectivity index (χ1n) is 13.6. The van der Waals surface area contributed by atoms with E-state index in [1.165, 1.54) is 0 Å². The van der Waals surface area contributed by atoms with Crippen LogP contribution < -0.4 is 27.4 Å². The number of rotatable bonds is 16. The van der Waals surface area contributed by atoms with Crippen LogP contribution >= 0.6 is 0 Å². The number of carbonyl (C=O) groups is 4. The highest BCUT2D eigenvalue weighted by Gasteiger charge is 2.33. The number of aliphatic carboxylic acids is 1. The van der Waals surface area contributed by atoms with Gasteiger partial charge >= 0.3 is 5.97 Å². The summed E-state index contributed by atoms with van der Waals surface area (Å²) in [7, 11) is 0. The van der Waals surface area contributed by atoms with Crippen molar-refractivity contribution in [2.24, 2.45) is 23.3 Å². The maximum atomic E-state index is 13.6. The van der Waals surface area contributed by atoms with Gasteiger partial charge in [-0.15, -0.1) is 0 Å². The molecule has 216 valence electrons. The van der Waals surface area contributed by atoms with Crippen molar-refractivity contribution in [3.8, 4) is 0 Å². The van der Waals surface area contributed by atoms with Crippen LogP contribution in [-0.4, -0.2) is 64.5 Å². The van der Waals surface area contributed by atoms with E-state index in [2.05, 4.69) is 20.9 Å². The van der Waals surface area contributed by atoms with E-state index >= 15 is 0 Å². The third kappa shape index (κ3) is 9.07. The van der Waals surface area contributed by atoms with Crippen molar-refractivity contribution in [2.75, 3.05) is 6.54 Å². The fraction of sp³-hybridized carbons (Fsp3) is 0.571. The Bertz CT molecular complexity index is 1120. The first-order valence-corrected chi connectivity index (χ1v) is 13.6. The molecule has 1 aromatic heterocycles. The maximum Gasteiger partial charge on any atom is 0.326 e. The van der Waals surface area contributed by atoms with Gasteiger partial charge in [0, 0.05) is 23.5 Å². The van der Waals surface area contributed by atoms with Crippen LogP contribution in [0, 0.1) is 11.8 Å². The van der Waals surface area contributed by atoms with Gasteiger partial charge < -0.3 is 37.5 Å². The number of amides is 3. The van der Waals surface area contributed by atoms with Crippen molar-refractivity contribution < 1.29 is 24.3 Å². The number of nitrogens with two attached hydrogens (primary N) is 2. The second-order valence-corrected chi connectivity index (χ2v) is 10.5. The number of H-pyrrole nitrogens is 1. The van der Waals surface area contributed by atoms with Gasteiger partial charge in [-0.3, -0.25) is 14.4 Å². The number of carboxylic acid groups (broad SMARTS) is 1. The van der Waals surface area contributed by atoms with Crippen molar-refractivity contribution in [3.05, 3.63) is 36.0 Å². The summed E-state index contributed by atoms with van der Waals surface area (Å²) < 4.78 is 0. The molecule has 0 aliphatic carbocycles. The van der Waals surface area contributed by atoms with Crippen LogP contribution in [0.4, 0.5) is 0 Å². The summed E-state index contributed by atoms with van der Waals surface area (Å²) in [6.45, 7) is 7.59. The van der Waals surface area contributed by atoms with E-state index in [0.29, 0.717) is 25.8 Å². The van der Waals surface area contributed by atoms with Crippen molar-refractivity contribution in [3.63, 3.8) is 0 Å². The fourth-order valence-electron chi connectivity index (χ4n) is 4.36. The lowest BCUT2D eigenvalue weighted by Crippen LogP contribution is -2.59. The van der Waals surface area contributed by atoms with Crippen LogP contribution in [0.3, 0.4) is 0 Å². The molecular weight excluding hydrogens is 500 g/mol. The van der Waals surface area contributed by atoms with Crippen molar-refractivity contribution in [1.29, 1.82) is 0 Å². The van der Waals surface area contributed by atoms with E-state index in [1.54, 1.807) is 27.0 Å². The summed E-state index contributed by atoms with van der Waals surface area (Å²) in [4.78, 5) is 54.5. The lowest BCUT2D eigenvalue weighted by molar-refractivity contribution is -0.144. The Morgan fingerprint density at radius 1 is 0.949 bits per heavy atom. The molecular formula is C28H44N6O5. The minimum atomic E-state index is -1.14. The minimum absolute atomic E-state index is 0.161. The van der Waals surface area contributed by atoms with E-state index in [4.69, 9.17) is 11.5 Å². The molecule has 2 aromatic rings. The van der Waals surface area contributed by atoms with Crippen LogP contribution in [0.5, 0.6) is 0 Å². The average molecular weight is 545 g/mol. The number of carboxylic acids is 1. The third-order valence-electron chi connectivity index (χ3n) is 7.06. The normalized spacial score (nSPS) is 15.3. The average Bonchev–Trinajstić information content (AvgIpc) is 3.31. The molecule has 0 saturated heterocycles. The number of aromatic amines is 1. The molecule has 0 saturated carbocycles. The molecule has 0 aliphatic heterocycles. The largest absolute Gasteiger partial charge is 0.480 e. The summed E-state index contributed by atoms with van der Waals surface area (Å²) in [5.74, 6) is -3.42. The van der Waals surface area contributed by atoms with E-state index < -0.39 is 47.9 Å². The smallest absolute Gasteiger partial charge is 0.326 e. The number of hydrogen-bond acceptors (Lipinski definition) is 6. The monoisotopic (exact) mass is 544 g/mol. The molecule has 11 heteroatoms. The Morgan fingerprint density at radius 3 is 2.23 bits per heavy atom. The van der Waals surface area contributed by atoms with Gasteiger partial charge in [0.1, 0.15) is 18.1 Å². The van der Waals surface area contributed by atoms with Gasteiger partial charge in [-0.05, 0) is 42.9 Å². The summed E-state index contributed by atoms with van der Waals surface area (Å²) in [5.41, 5.74) is 13.3. The van der Waals surface area contributed by atoms with Crippen LogP contribution in [0.15, 0.2) is 30.5 Å². The Hall–Kier alpha value is -3.44. The summed E-state index contributed by atoms with van der Waals surface area (Å²) in [6, 6.07) is 3.68. The van der Waals surface area contributed by atoms with Gasteiger partial charge in [-0.25, -0.2) is 4.79 Å². The number of carbonyl (C=O) groups excluding carboxylic acids is 3. The highest BCUT2D eigenvalue weighted by atomic mass is 16.4. The van der Waals surface area contributed by atoms with Crippen molar-refractivity contribution in [1.82, 2.24) is 20.9 Å².